The number of carbonyl (C=O) groups excluding carboxylic acids is 2. The van der Waals surface area contributed by atoms with Crippen LogP contribution in [0.2, 0.25) is 0 Å². The van der Waals surface area contributed by atoms with Crippen molar-refractivity contribution in [3.8, 4) is 0 Å². The number of carbonyl (C=O) groups is 2. The average molecular weight is 216 g/mol. The lowest BCUT2D eigenvalue weighted by Crippen LogP contribution is -2.45. The molecule has 0 spiro atoms. The average Bonchev–Trinajstić information content (AvgIpc) is 2.16. The second-order valence-corrected chi connectivity index (χ2v) is 3.63. The van der Waals surface area contributed by atoms with Crippen molar-refractivity contribution in [2.75, 3.05) is 6.61 Å². The third-order valence-corrected chi connectivity index (χ3v) is 2.20. The molecule has 0 saturated heterocycles. The van der Waals surface area contributed by atoms with Gasteiger partial charge in [0.25, 0.3) is 0 Å². The molecule has 3 atom stereocenters. The fourth-order valence-electron chi connectivity index (χ4n) is 0.910. The molecule has 0 fully saturated rings. The summed E-state index contributed by atoms with van der Waals surface area (Å²) in [5, 5.41) is 2.55. The van der Waals surface area contributed by atoms with Crippen LogP contribution in [-0.2, 0) is 14.3 Å². The van der Waals surface area contributed by atoms with Gasteiger partial charge in [-0.1, -0.05) is 6.92 Å². The largest absolute Gasteiger partial charge is 0.464 e. The summed E-state index contributed by atoms with van der Waals surface area (Å²) in [6.07, 6.45) is 0. The van der Waals surface area contributed by atoms with Gasteiger partial charge in [0.05, 0.1) is 6.61 Å². The van der Waals surface area contributed by atoms with Gasteiger partial charge in [0.1, 0.15) is 6.04 Å². The Labute approximate surface area is 90.4 Å². The highest BCUT2D eigenvalue weighted by atomic mass is 16.5. The standard InChI is InChI=1S/C10H20N2O3/c1-5-15-10(14)8(4)12-9(13)6(2)7(3)11/h6-8H,5,11H2,1-4H3,(H,12,13). The minimum Gasteiger partial charge on any atom is -0.464 e. The second kappa shape index (κ2) is 6.40. The molecular formula is C10H20N2O3. The molecule has 0 aromatic rings. The van der Waals surface area contributed by atoms with Crippen molar-refractivity contribution in [1.82, 2.24) is 5.32 Å². The molecule has 0 bridgehead atoms. The van der Waals surface area contributed by atoms with E-state index in [2.05, 4.69) is 5.32 Å². The summed E-state index contributed by atoms with van der Waals surface area (Å²) in [7, 11) is 0. The van der Waals surface area contributed by atoms with Crippen molar-refractivity contribution in [2.45, 2.75) is 39.8 Å². The molecule has 15 heavy (non-hydrogen) atoms. The molecule has 0 rings (SSSR count). The first-order valence-electron chi connectivity index (χ1n) is 5.12. The Morgan fingerprint density at radius 2 is 1.87 bits per heavy atom. The number of rotatable bonds is 5. The van der Waals surface area contributed by atoms with E-state index in [0.717, 1.165) is 0 Å². The molecule has 3 N–H and O–H groups in total. The molecule has 1 amide bonds. The van der Waals surface area contributed by atoms with Gasteiger partial charge in [-0.25, -0.2) is 4.79 Å². The lowest BCUT2D eigenvalue weighted by Gasteiger charge is -2.18. The number of amides is 1. The molecule has 3 unspecified atom stereocenters. The zero-order chi connectivity index (χ0) is 12.0. The van der Waals surface area contributed by atoms with Crippen molar-refractivity contribution in [3.63, 3.8) is 0 Å². The van der Waals surface area contributed by atoms with Crippen LogP contribution in [0.4, 0.5) is 0 Å². The Morgan fingerprint density at radius 1 is 1.33 bits per heavy atom. The van der Waals surface area contributed by atoms with E-state index in [1.807, 2.05) is 0 Å². The maximum Gasteiger partial charge on any atom is 0.328 e. The maximum atomic E-state index is 11.5. The minimum atomic E-state index is -0.626. The number of nitrogens with two attached hydrogens (primary N) is 1. The Kier molecular flexibility index (Phi) is 5.93. The summed E-state index contributed by atoms with van der Waals surface area (Å²) < 4.78 is 4.76. The van der Waals surface area contributed by atoms with Gasteiger partial charge in [-0.3, -0.25) is 4.79 Å². The lowest BCUT2D eigenvalue weighted by molar-refractivity contribution is -0.147. The van der Waals surface area contributed by atoms with Gasteiger partial charge in [-0.15, -0.1) is 0 Å². The first-order valence-corrected chi connectivity index (χ1v) is 5.12. The van der Waals surface area contributed by atoms with Gasteiger partial charge < -0.3 is 15.8 Å². The number of esters is 1. The van der Waals surface area contributed by atoms with Crippen LogP contribution >= 0.6 is 0 Å². The van der Waals surface area contributed by atoms with Crippen molar-refractivity contribution < 1.29 is 14.3 Å². The summed E-state index contributed by atoms with van der Waals surface area (Å²) in [6.45, 7) is 7.08. The van der Waals surface area contributed by atoms with Crippen molar-refractivity contribution in [1.29, 1.82) is 0 Å². The van der Waals surface area contributed by atoms with Gasteiger partial charge in [0, 0.05) is 12.0 Å². The Bertz CT molecular complexity index is 229. The normalized spacial score (nSPS) is 16.3. The van der Waals surface area contributed by atoms with Gasteiger partial charge in [0.15, 0.2) is 0 Å². The van der Waals surface area contributed by atoms with Crippen LogP contribution in [0.5, 0.6) is 0 Å². The smallest absolute Gasteiger partial charge is 0.328 e. The minimum absolute atomic E-state index is 0.231. The number of ether oxygens (including phenoxy) is 1. The van der Waals surface area contributed by atoms with Crippen molar-refractivity contribution >= 4 is 11.9 Å². The first-order chi connectivity index (χ1) is 6.90. The Hall–Kier alpha value is -1.10. The molecule has 0 heterocycles. The van der Waals surface area contributed by atoms with Gasteiger partial charge in [-0.2, -0.15) is 0 Å². The zero-order valence-corrected chi connectivity index (χ0v) is 9.74. The highest BCUT2D eigenvalue weighted by Crippen LogP contribution is 2.00. The van der Waals surface area contributed by atoms with Crippen LogP contribution in [0.15, 0.2) is 0 Å². The first kappa shape index (κ1) is 13.9. The topological polar surface area (TPSA) is 81.4 Å². The van der Waals surface area contributed by atoms with E-state index in [1.165, 1.54) is 0 Å². The fourth-order valence-corrected chi connectivity index (χ4v) is 0.910. The molecule has 0 aromatic heterocycles. The quantitative estimate of drug-likeness (QED) is 0.636. The van der Waals surface area contributed by atoms with Crippen molar-refractivity contribution in [3.05, 3.63) is 0 Å². The van der Waals surface area contributed by atoms with E-state index >= 15 is 0 Å². The number of hydrogen-bond donors (Lipinski definition) is 2. The number of nitrogens with one attached hydrogen (secondary N) is 1. The van der Waals surface area contributed by atoms with Crippen LogP contribution in [0.25, 0.3) is 0 Å². The summed E-state index contributed by atoms with van der Waals surface area (Å²) in [6, 6.07) is -0.863. The van der Waals surface area contributed by atoms with E-state index < -0.39 is 12.0 Å². The SMILES string of the molecule is CCOC(=O)C(C)NC(=O)C(C)C(C)N. The molecule has 0 radical (unpaired) electrons. The highest BCUT2D eigenvalue weighted by Gasteiger charge is 2.22. The van der Waals surface area contributed by atoms with Gasteiger partial charge in [0.2, 0.25) is 5.91 Å². The summed E-state index contributed by atoms with van der Waals surface area (Å²) in [5.74, 6) is -0.977. The van der Waals surface area contributed by atoms with Crippen LogP contribution in [0.3, 0.4) is 0 Å². The predicted octanol–water partition coefficient (Wildman–Crippen LogP) is 0.0375. The predicted molar refractivity (Wildman–Crippen MR) is 57.1 cm³/mol. The molecule has 0 aromatic carbocycles. The zero-order valence-electron chi connectivity index (χ0n) is 9.74. The number of hydrogen-bond acceptors (Lipinski definition) is 4. The summed E-state index contributed by atoms with van der Waals surface area (Å²) in [5.41, 5.74) is 5.57. The molecule has 0 saturated carbocycles. The van der Waals surface area contributed by atoms with Crippen LogP contribution in [0.1, 0.15) is 27.7 Å². The molecular weight excluding hydrogens is 196 g/mol. The Morgan fingerprint density at radius 3 is 2.27 bits per heavy atom. The van der Waals surface area contributed by atoms with E-state index in [4.69, 9.17) is 10.5 Å². The summed E-state index contributed by atoms with van der Waals surface area (Å²) in [4.78, 5) is 22.7. The van der Waals surface area contributed by atoms with Gasteiger partial charge in [-0.05, 0) is 20.8 Å². The molecule has 0 aliphatic heterocycles. The molecule has 88 valence electrons. The highest BCUT2D eigenvalue weighted by molar-refractivity contribution is 5.85. The molecule has 5 nitrogen and oxygen atoms in total. The van der Waals surface area contributed by atoms with E-state index in [1.54, 1.807) is 27.7 Å². The second-order valence-electron chi connectivity index (χ2n) is 3.63. The van der Waals surface area contributed by atoms with Crippen LogP contribution < -0.4 is 11.1 Å². The maximum absolute atomic E-state index is 11.5. The van der Waals surface area contributed by atoms with Crippen LogP contribution in [0, 0.1) is 5.92 Å². The van der Waals surface area contributed by atoms with Gasteiger partial charge >= 0.3 is 5.97 Å². The van der Waals surface area contributed by atoms with Crippen LogP contribution in [-0.4, -0.2) is 30.6 Å². The summed E-state index contributed by atoms with van der Waals surface area (Å²) >= 11 is 0. The van der Waals surface area contributed by atoms with Crippen molar-refractivity contribution in [2.24, 2.45) is 11.7 Å². The monoisotopic (exact) mass is 216 g/mol. The Balaban J connectivity index is 4.12. The molecule has 0 aliphatic rings. The van der Waals surface area contributed by atoms with E-state index in [9.17, 15) is 9.59 Å². The molecule has 5 heteroatoms. The fraction of sp³-hybridized carbons (Fsp3) is 0.800. The van der Waals surface area contributed by atoms with E-state index in [0.29, 0.717) is 6.61 Å². The molecule has 0 aliphatic carbocycles. The third-order valence-electron chi connectivity index (χ3n) is 2.20. The third kappa shape index (κ3) is 4.78. The van der Waals surface area contributed by atoms with E-state index in [-0.39, 0.29) is 17.9 Å². The lowest BCUT2D eigenvalue weighted by atomic mass is 10.0.